The molecular weight excluding hydrogens is 258 g/mol. The van der Waals surface area contributed by atoms with Crippen molar-refractivity contribution in [1.82, 2.24) is 14.5 Å². The van der Waals surface area contributed by atoms with Crippen LogP contribution in [0, 0.1) is 0 Å². The summed E-state index contributed by atoms with van der Waals surface area (Å²) in [7, 11) is -2.05. The summed E-state index contributed by atoms with van der Waals surface area (Å²) in [4.78, 5) is 10.3. The summed E-state index contributed by atoms with van der Waals surface area (Å²) in [6.07, 6.45) is 2.36. The van der Waals surface area contributed by atoms with Gasteiger partial charge >= 0.3 is 5.97 Å². The number of hydrogen-bond acceptors (Lipinski definition) is 4. The molecule has 0 aliphatic carbocycles. The minimum absolute atomic E-state index is 0.0395. The standard InChI is InChI=1S/C10H17N3O4S/c1-8(4-3-5-10(14)15)12-18(16,17)9-6-7-11-13(9)2/h6-8,12H,3-5H2,1-2H3,(H,14,15). The predicted octanol–water partition coefficient (Wildman–Crippen LogP) is 0.342. The van der Waals surface area contributed by atoms with Crippen molar-refractivity contribution in [3.63, 3.8) is 0 Å². The molecule has 0 amide bonds. The molecule has 102 valence electrons. The van der Waals surface area contributed by atoms with Crippen molar-refractivity contribution in [2.75, 3.05) is 0 Å². The van der Waals surface area contributed by atoms with Gasteiger partial charge in [0, 0.05) is 19.5 Å². The molecule has 0 fully saturated rings. The van der Waals surface area contributed by atoms with E-state index in [0.29, 0.717) is 12.8 Å². The molecule has 0 aliphatic rings. The Kier molecular flexibility index (Phi) is 4.85. The van der Waals surface area contributed by atoms with E-state index in [1.54, 1.807) is 14.0 Å². The SMILES string of the molecule is CC(CCCC(=O)O)NS(=O)(=O)c1ccnn1C. The Hall–Kier alpha value is -1.41. The van der Waals surface area contributed by atoms with Gasteiger partial charge in [-0.2, -0.15) is 5.10 Å². The number of hydrogen-bond donors (Lipinski definition) is 2. The van der Waals surface area contributed by atoms with Gasteiger partial charge in [-0.1, -0.05) is 0 Å². The maximum Gasteiger partial charge on any atom is 0.303 e. The highest BCUT2D eigenvalue weighted by Crippen LogP contribution is 2.09. The molecule has 8 heteroatoms. The molecule has 0 radical (unpaired) electrons. The smallest absolute Gasteiger partial charge is 0.303 e. The van der Waals surface area contributed by atoms with Crippen LogP contribution in [0.4, 0.5) is 0 Å². The van der Waals surface area contributed by atoms with Gasteiger partial charge < -0.3 is 5.11 Å². The molecule has 1 rings (SSSR count). The zero-order chi connectivity index (χ0) is 13.8. The van der Waals surface area contributed by atoms with E-state index in [1.807, 2.05) is 0 Å². The van der Waals surface area contributed by atoms with Gasteiger partial charge in [0.1, 0.15) is 0 Å². The molecule has 1 heterocycles. The van der Waals surface area contributed by atoms with Crippen LogP contribution >= 0.6 is 0 Å². The van der Waals surface area contributed by atoms with E-state index in [2.05, 4.69) is 9.82 Å². The Bertz CT molecular complexity index is 509. The number of carboxylic acid groups (broad SMARTS) is 1. The number of aliphatic carboxylic acids is 1. The van der Waals surface area contributed by atoms with Crippen LogP contribution in [0.25, 0.3) is 0 Å². The molecule has 1 atom stereocenters. The second-order valence-electron chi connectivity index (χ2n) is 4.10. The van der Waals surface area contributed by atoms with Crippen LogP contribution < -0.4 is 4.72 Å². The van der Waals surface area contributed by atoms with E-state index in [0.717, 1.165) is 0 Å². The molecule has 1 aromatic heterocycles. The number of nitrogens with one attached hydrogen (secondary N) is 1. The number of aryl methyl sites for hydroxylation is 1. The number of nitrogens with zero attached hydrogens (tertiary/aromatic N) is 2. The lowest BCUT2D eigenvalue weighted by Gasteiger charge is -2.13. The Morgan fingerprint density at radius 1 is 1.61 bits per heavy atom. The summed E-state index contributed by atoms with van der Waals surface area (Å²) in [5.74, 6) is -0.878. The molecule has 18 heavy (non-hydrogen) atoms. The molecule has 1 aromatic rings. The normalized spacial score (nSPS) is 13.4. The average molecular weight is 275 g/mol. The molecule has 0 saturated carbocycles. The van der Waals surface area contributed by atoms with Gasteiger partial charge in [-0.15, -0.1) is 0 Å². The van der Waals surface area contributed by atoms with Gasteiger partial charge in [-0.3, -0.25) is 9.48 Å². The third-order valence-corrected chi connectivity index (χ3v) is 4.10. The minimum atomic E-state index is -3.59. The summed E-state index contributed by atoms with van der Waals surface area (Å²) in [5.41, 5.74) is 0. The van der Waals surface area contributed by atoms with Crippen molar-refractivity contribution in [3.8, 4) is 0 Å². The molecule has 0 aliphatic heterocycles. The Balaban J connectivity index is 2.56. The van der Waals surface area contributed by atoms with E-state index in [4.69, 9.17) is 5.11 Å². The van der Waals surface area contributed by atoms with Crippen LogP contribution in [0.1, 0.15) is 26.2 Å². The first-order chi connectivity index (χ1) is 8.33. The highest BCUT2D eigenvalue weighted by molar-refractivity contribution is 7.89. The fraction of sp³-hybridized carbons (Fsp3) is 0.600. The first-order valence-corrected chi connectivity index (χ1v) is 7.03. The van der Waals surface area contributed by atoms with Crippen molar-refractivity contribution in [1.29, 1.82) is 0 Å². The molecule has 0 spiro atoms. The summed E-state index contributed by atoms with van der Waals surface area (Å²) < 4.78 is 27.6. The lowest BCUT2D eigenvalue weighted by atomic mass is 10.1. The summed E-state index contributed by atoms with van der Waals surface area (Å²) in [6.45, 7) is 1.70. The second-order valence-corrected chi connectivity index (χ2v) is 5.76. The summed E-state index contributed by atoms with van der Waals surface area (Å²) in [6, 6.07) is 1.09. The van der Waals surface area contributed by atoms with Gasteiger partial charge in [0.05, 0.1) is 6.20 Å². The quantitative estimate of drug-likeness (QED) is 0.747. The Labute approximate surface area is 106 Å². The molecule has 0 bridgehead atoms. The largest absolute Gasteiger partial charge is 0.481 e. The number of rotatable bonds is 7. The van der Waals surface area contributed by atoms with Crippen molar-refractivity contribution < 1.29 is 18.3 Å². The van der Waals surface area contributed by atoms with E-state index in [1.165, 1.54) is 16.9 Å². The number of sulfonamides is 1. The second kappa shape index (κ2) is 5.96. The zero-order valence-corrected chi connectivity index (χ0v) is 11.1. The van der Waals surface area contributed by atoms with Crippen molar-refractivity contribution in [3.05, 3.63) is 12.3 Å². The molecule has 0 aromatic carbocycles. The zero-order valence-electron chi connectivity index (χ0n) is 10.3. The third kappa shape index (κ3) is 4.11. The van der Waals surface area contributed by atoms with Crippen LogP contribution in [-0.4, -0.2) is 35.3 Å². The van der Waals surface area contributed by atoms with Crippen molar-refractivity contribution in [2.24, 2.45) is 7.05 Å². The van der Waals surface area contributed by atoms with Crippen LogP contribution in [0.15, 0.2) is 17.3 Å². The molecule has 2 N–H and O–H groups in total. The van der Waals surface area contributed by atoms with Gasteiger partial charge in [-0.05, 0) is 25.8 Å². The fourth-order valence-corrected chi connectivity index (χ4v) is 2.97. The van der Waals surface area contributed by atoms with E-state index in [-0.39, 0.29) is 17.5 Å². The summed E-state index contributed by atoms with van der Waals surface area (Å²) in [5, 5.41) is 12.4. The molecule has 7 nitrogen and oxygen atoms in total. The van der Waals surface area contributed by atoms with Gasteiger partial charge in [-0.25, -0.2) is 13.1 Å². The highest BCUT2D eigenvalue weighted by Gasteiger charge is 2.20. The number of carbonyl (C=O) groups is 1. The third-order valence-electron chi connectivity index (χ3n) is 2.44. The number of aromatic nitrogens is 2. The topological polar surface area (TPSA) is 101 Å². The molecule has 1 unspecified atom stereocenters. The lowest BCUT2D eigenvalue weighted by molar-refractivity contribution is -0.137. The lowest BCUT2D eigenvalue weighted by Crippen LogP contribution is -2.33. The van der Waals surface area contributed by atoms with Gasteiger partial charge in [0.2, 0.25) is 0 Å². The average Bonchev–Trinajstić information content (AvgIpc) is 2.63. The van der Waals surface area contributed by atoms with Gasteiger partial charge in [0.15, 0.2) is 5.03 Å². The number of carboxylic acids is 1. The predicted molar refractivity (Wildman–Crippen MR) is 64.5 cm³/mol. The van der Waals surface area contributed by atoms with Crippen molar-refractivity contribution in [2.45, 2.75) is 37.3 Å². The van der Waals surface area contributed by atoms with E-state index < -0.39 is 16.0 Å². The highest BCUT2D eigenvalue weighted by atomic mass is 32.2. The van der Waals surface area contributed by atoms with Gasteiger partial charge in [0.25, 0.3) is 10.0 Å². The first kappa shape index (κ1) is 14.7. The van der Waals surface area contributed by atoms with Crippen LogP contribution in [0.5, 0.6) is 0 Å². The summed E-state index contributed by atoms with van der Waals surface area (Å²) >= 11 is 0. The molecular formula is C10H17N3O4S. The monoisotopic (exact) mass is 275 g/mol. The first-order valence-electron chi connectivity index (χ1n) is 5.55. The fourth-order valence-electron chi connectivity index (χ4n) is 1.57. The van der Waals surface area contributed by atoms with Crippen LogP contribution in [0.2, 0.25) is 0 Å². The van der Waals surface area contributed by atoms with E-state index >= 15 is 0 Å². The Morgan fingerprint density at radius 2 is 2.28 bits per heavy atom. The molecule has 0 saturated heterocycles. The maximum atomic E-state index is 11.9. The maximum absolute atomic E-state index is 11.9. The van der Waals surface area contributed by atoms with Crippen LogP contribution in [0.3, 0.4) is 0 Å². The van der Waals surface area contributed by atoms with Crippen molar-refractivity contribution >= 4 is 16.0 Å². The van der Waals surface area contributed by atoms with E-state index in [9.17, 15) is 13.2 Å². The minimum Gasteiger partial charge on any atom is -0.481 e. The Morgan fingerprint density at radius 3 is 2.78 bits per heavy atom. The van der Waals surface area contributed by atoms with Crippen LogP contribution in [-0.2, 0) is 21.9 Å².